The van der Waals surface area contributed by atoms with Crippen LogP contribution in [-0.2, 0) is 37.9 Å². The Labute approximate surface area is 420 Å². The van der Waals surface area contributed by atoms with Gasteiger partial charge < -0.3 is 14.2 Å². The predicted molar refractivity (Wildman–Crippen MR) is 300 cm³/mol. The lowest BCUT2D eigenvalue weighted by Gasteiger charge is -2.52. The predicted octanol–water partition coefficient (Wildman–Crippen LogP) is 16.5. The van der Waals surface area contributed by atoms with Crippen LogP contribution in [0.5, 0.6) is 0 Å². The molecule has 0 saturated heterocycles. The first-order valence-corrected chi connectivity index (χ1v) is 26.7. The van der Waals surface area contributed by atoms with Gasteiger partial charge in [0.05, 0.1) is 17.0 Å². The van der Waals surface area contributed by atoms with Gasteiger partial charge in [-0.25, -0.2) is 0 Å². The Hall–Kier alpha value is -5.48. The Morgan fingerprint density at radius 1 is 0.471 bits per heavy atom. The van der Waals surface area contributed by atoms with Crippen LogP contribution in [0.1, 0.15) is 181 Å². The molecule has 0 radical (unpaired) electrons. The van der Waals surface area contributed by atoms with Crippen LogP contribution in [0.25, 0.3) is 22.1 Å². The molecule has 2 bridgehead atoms. The topological polar surface area (TPSA) is 19.6 Å². The lowest BCUT2D eigenvalue weighted by atomic mass is 9.35. The number of hydrogen-bond acceptors (Lipinski definition) is 3. The van der Waals surface area contributed by atoms with E-state index in [1.165, 1.54) is 121 Å². The zero-order chi connectivity index (χ0) is 49.5. The van der Waals surface area contributed by atoms with Gasteiger partial charge >= 0.3 is 0 Å². The average molecular weight is 923 g/mol. The molecule has 13 rings (SSSR count). The van der Waals surface area contributed by atoms with Crippen molar-refractivity contribution in [2.75, 3.05) is 9.80 Å². The van der Waals surface area contributed by atoms with Gasteiger partial charge in [-0.2, -0.15) is 0 Å². The van der Waals surface area contributed by atoms with E-state index in [4.69, 9.17) is 4.42 Å². The highest BCUT2D eigenvalue weighted by atomic mass is 16.3. The maximum atomic E-state index is 7.74. The van der Waals surface area contributed by atoms with Crippen LogP contribution in [0.4, 0.5) is 34.1 Å². The fourth-order valence-electron chi connectivity index (χ4n) is 13.6. The summed E-state index contributed by atoms with van der Waals surface area (Å²) in [5.41, 5.74) is 24.8. The number of fused-ring (bicyclic) bond motifs is 9. The van der Waals surface area contributed by atoms with Crippen LogP contribution in [-0.4, -0.2) is 6.71 Å². The van der Waals surface area contributed by atoms with Crippen LogP contribution < -0.4 is 26.4 Å². The number of nitrogens with zero attached hydrogens (tertiary/aromatic N) is 2. The molecule has 1 saturated carbocycles. The second-order valence-corrected chi connectivity index (χ2v) is 27.5. The normalized spacial score (nSPS) is 21.8. The summed E-state index contributed by atoms with van der Waals surface area (Å²) in [6, 6.07) is 43.5. The molecular weight excluding hydrogens is 848 g/mol. The van der Waals surface area contributed by atoms with E-state index in [9.17, 15) is 0 Å². The van der Waals surface area contributed by atoms with E-state index in [-0.39, 0.29) is 44.6 Å². The van der Waals surface area contributed by atoms with Crippen molar-refractivity contribution in [2.45, 2.75) is 180 Å². The third-order valence-electron chi connectivity index (χ3n) is 18.6. The van der Waals surface area contributed by atoms with Gasteiger partial charge in [0.1, 0.15) is 5.58 Å². The molecule has 2 aliphatic heterocycles. The first-order chi connectivity index (χ1) is 32.8. The van der Waals surface area contributed by atoms with Crippen molar-refractivity contribution < 1.29 is 4.42 Å². The Kier molecular flexibility index (Phi) is 9.51. The van der Waals surface area contributed by atoms with Gasteiger partial charge in [-0.15, -0.1) is 0 Å². The number of rotatable bonds is 3. The van der Waals surface area contributed by atoms with Crippen molar-refractivity contribution in [1.29, 1.82) is 0 Å². The molecule has 0 atom stereocenters. The molecule has 0 unspecified atom stereocenters. The minimum Gasteiger partial charge on any atom is -0.468 e. The Morgan fingerprint density at radius 3 is 1.60 bits per heavy atom. The maximum absolute atomic E-state index is 7.74. The zero-order valence-electron chi connectivity index (χ0n) is 45.0. The van der Waals surface area contributed by atoms with Crippen LogP contribution >= 0.6 is 0 Å². The monoisotopic (exact) mass is 923 g/mol. The summed E-state index contributed by atoms with van der Waals surface area (Å²) >= 11 is 0. The second kappa shape index (κ2) is 14.6. The quantitative estimate of drug-likeness (QED) is 0.165. The summed E-state index contributed by atoms with van der Waals surface area (Å²) in [5.74, 6) is 0. The van der Waals surface area contributed by atoms with Gasteiger partial charge in [-0.05, 0) is 186 Å². The van der Waals surface area contributed by atoms with Gasteiger partial charge in [0.15, 0.2) is 0 Å². The van der Waals surface area contributed by atoms with Crippen molar-refractivity contribution in [3.8, 4) is 11.1 Å². The molecule has 6 aromatic carbocycles. The summed E-state index contributed by atoms with van der Waals surface area (Å²) in [6.45, 7) is 36.0. The van der Waals surface area contributed by atoms with Gasteiger partial charge in [0.2, 0.25) is 0 Å². The summed E-state index contributed by atoms with van der Waals surface area (Å²) < 4.78 is 7.74. The summed E-state index contributed by atoms with van der Waals surface area (Å²) in [6.07, 6.45) is 7.27. The van der Waals surface area contributed by atoms with Crippen molar-refractivity contribution in [3.05, 3.63) is 148 Å². The summed E-state index contributed by atoms with van der Waals surface area (Å²) in [4.78, 5) is 5.32. The molecule has 70 heavy (non-hydrogen) atoms. The average Bonchev–Trinajstić information content (AvgIpc) is 3.68. The molecule has 0 spiro atoms. The fourth-order valence-corrected chi connectivity index (χ4v) is 13.6. The Balaban J connectivity index is 1.25. The maximum Gasteiger partial charge on any atom is 0.297 e. The molecule has 7 aromatic rings. The minimum atomic E-state index is -0.143. The molecule has 0 N–H and O–H groups in total. The van der Waals surface area contributed by atoms with Crippen molar-refractivity contribution in [1.82, 2.24) is 0 Å². The molecule has 1 aromatic heterocycles. The van der Waals surface area contributed by atoms with Crippen molar-refractivity contribution >= 4 is 68.4 Å². The molecule has 358 valence electrons. The van der Waals surface area contributed by atoms with Gasteiger partial charge in [0.25, 0.3) is 6.71 Å². The van der Waals surface area contributed by atoms with Crippen molar-refractivity contribution in [2.24, 2.45) is 0 Å². The highest BCUT2D eigenvalue weighted by molar-refractivity contribution is 7.00. The zero-order valence-corrected chi connectivity index (χ0v) is 45.0. The van der Waals surface area contributed by atoms with Gasteiger partial charge in [-0.3, -0.25) is 0 Å². The molecule has 1 fully saturated rings. The molecule has 4 heteroatoms. The third-order valence-corrected chi connectivity index (χ3v) is 18.6. The number of furan rings is 1. The summed E-state index contributed by atoms with van der Waals surface area (Å²) in [7, 11) is 0. The minimum absolute atomic E-state index is 0.0142. The van der Waals surface area contributed by atoms with Crippen LogP contribution in [0, 0.1) is 0 Å². The van der Waals surface area contributed by atoms with Crippen molar-refractivity contribution in [3.63, 3.8) is 0 Å². The fraction of sp³-hybridized carbons (Fsp3) is 0.424. The standard InChI is InChI=1S/C66H75BN2O/c1-60(2,3)41-21-24-44(25-22-41)68-54-34-43(62(7,8)9)35-55-57(54)67(59-58(68)46-36-49-50(39-56(46)70-59)66(15)31-29-65(49,14)30-32-66)51-37-47-48(64(12,13)28-27-63(47,10)11)38-53(51)69(55)52-26-23-42(61(4,5)6)33-45(52)40-19-17-16-18-20-40/h16-26,33-39H,27-32H2,1-15H3. The highest BCUT2D eigenvalue weighted by Gasteiger charge is 2.52. The van der Waals surface area contributed by atoms with E-state index < -0.39 is 0 Å². The SMILES string of the molecule is CC(C)(C)c1ccc(N2c3cc(C(C)(C)C)cc4c3B(c3cc5c(cc3N4c3ccc(C(C)(C)C)cc3-c3ccccc3)C(C)(C)CCC5(C)C)c3oc4cc5c(cc4c32)C2(C)CCC5(C)CC2)cc1. The smallest absolute Gasteiger partial charge is 0.297 e. The lowest BCUT2D eigenvalue weighted by Crippen LogP contribution is -2.61. The van der Waals surface area contributed by atoms with Crippen LogP contribution in [0.15, 0.2) is 114 Å². The van der Waals surface area contributed by atoms with E-state index in [1.54, 1.807) is 5.56 Å². The first-order valence-electron chi connectivity index (χ1n) is 26.7. The van der Waals surface area contributed by atoms with E-state index in [2.05, 4.69) is 223 Å². The van der Waals surface area contributed by atoms with Crippen LogP contribution in [0.2, 0.25) is 0 Å². The molecular formula is C66H75BN2O. The summed E-state index contributed by atoms with van der Waals surface area (Å²) in [5, 5.41) is 1.24. The lowest BCUT2D eigenvalue weighted by molar-refractivity contribution is 0.188. The molecule has 3 nitrogen and oxygen atoms in total. The molecule has 4 aliphatic carbocycles. The Morgan fingerprint density at radius 2 is 1.01 bits per heavy atom. The highest BCUT2D eigenvalue weighted by Crippen LogP contribution is 2.59. The van der Waals surface area contributed by atoms with Crippen LogP contribution in [0.3, 0.4) is 0 Å². The third kappa shape index (κ3) is 6.66. The molecule has 3 heterocycles. The van der Waals surface area contributed by atoms with Gasteiger partial charge in [-0.1, -0.05) is 158 Å². The van der Waals surface area contributed by atoms with E-state index in [0.717, 1.165) is 24.1 Å². The largest absolute Gasteiger partial charge is 0.468 e. The second-order valence-electron chi connectivity index (χ2n) is 27.5. The van der Waals surface area contributed by atoms with E-state index >= 15 is 0 Å². The molecule has 6 aliphatic rings. The molecule has 0 amide bonds. The van der Waals surface area contributed by atoms with Gasteiger partial charge in [0, 0.05) is 33.7 Å². The number of anilines is 6. The van der Waals surface area contributed by atoms with E-state index in [0.29, 0.717) is 0 Å². The Bertz CT molecular complexity index is 3300. The number of hydrogen-bond donors (Lipinski definition) is 0. The number of benzene rings is 6. The first kappa shape index (κ1) is 45.6. The van der Waals surface area contributed by atoms with E-state index in [1.807, 2.05) is 0 Å².